The number of nitrogens with one attached hydrogen (secondary N) is 3. The Balaban J connectivity index is 1.62. The van der Waals surface area contributed by atoms with Gasteiger partial charge < -0.3 is 21.1 Å². The van der Waals surface area contributed by atoms with Crippen LogP contribution in [0, 0.1) is 0 Å². The highest BCUT2D eigenvalue weighted by molar-refractivity contribution is 7.99. The number of thioether (sulfide) groups is 1. The van der Waals surface area contributed by atoms with Gasteiger partial charge in [-0.05, 0) is 43.3 Å². The Morgan fingerprint density at radius 2 is 1.90 bits per heavy atom. The average molecular weight is 412 g/mol. The average Bonchev–Trinajstić information content (AvgIpc) is 3.14. The van der Waals surface area contributed by atoms with Gasteiger partial charge in [-0.15, -0.1) is 5.10 Å². The van der Waals surface area contributed by atoms with Gasteiger partial charge in [0.05, 0.1) is 23.6 Å². The number of hydrogen-bond donors (Lipinski definition) is 4. The molecule has 150 valence electrons. The predicted octanol–water partition coefficient (Wildman–Crippen LogP) is 2.77. The molecule has 0 aliphatic heterocycles. The van der Waals surface area contributed by atoms with Crippen molar-refractivity contribution in [2.45, 2.75) is 12.1 Å². The van der Waals surface area contributed by atoms with E-state index in [-0.39, 0.29) is 23.5 Å². The number of aromatic nitrogens is 3. The molecule has 10 heteroatoms. The van der Waals surface area contributed by atoms with E-state index in [0.29, 0.717) is 28.7 Å². The number of para-hydroxylation sites is 1. The van der Waals surface area contributed by atoms with Gasteiger partial charge in [0, 0.05) is 5.69 Å². The van der Waals surface area contributed by atoms with Crippen LogP contribution in [-0.2, 0) is 4.79 Å². The third kappa shape index (κ3) is 5.72. The number of amides is 2. The van der Waals surface area contributed by atoms with E-state index in [1.165, 1.54) is 0 Å². The minimum absolute atomic E-state index is 0.0755. The molecule has 9 nitrogen and oxygen atoms in total. The Labute approximate surface area is 171 Å². The van der Waals surface area contributed by atoms with Crippen molar-refractivity contribution in [1.29, 1.82) is 0 Å². The molecule has 2 aromatic carbocycles. The summed E-state index contributed by atoms with van der Waals surface area (Å²) in [4.78, 5) is 28.8. The maximum atomic E-state index is 12.7. The monoisotopic (exact) mass is 412 g/mol. The van der Waals surface area contributed by atoms with Gasteiger partial charge in [-0.3, -0.25) is 9.59 Å². The lowest BCUT2D eigenvalue weighted by molar-refractivity contribution is -0.113. The Hall–Kier alpha value is -3.53. The standard InChI is InChI=1S/C19H20N6O3S/c1-2-28-13-9-7-12(8-10-13)21-17(27)14-5-3-4-6-15(14)22-16(26)11-29-19-23-18(20)24-25-19/h3-10H,2,11H2,1H3,(H,21,27)(H,22,26)(H3,20,23,24,25). The Morgan fingerprint density at radius 1 is 1.14 bits per heavy atom. The molecule has 0 unspecified atom stereocenters. The van der Waals surface area contributed by atoms with Gasteiger partial charge in [-0.1, -0.05) is 23.9 Å². The number of nitrogens with zero attached hydrogens (tertiary/aromatic N) is 2. The van der Waals surface area contributed by atoms with Crippen LogP contribution in [0.15, 0.2) is 53.7 Å². The smallest absolute Gasteiger partial charge is 0.257 e. The molecule has 3 rings (SSSR count). The molecular weight excluding hydrogens is 392 g/mol. The van der Waals surface area contributed by atoms with E-state index in [1.54, 1.807) is 48.5 Å². The van der Waals surface area contributed by atoms with Gasteiger partial charge in [0.1, 0.15) is 5.75 Å². The quantitative estimate of drug-likeness (QED) is 0.418. The predicted molar refractivity (Wildman–Crippen MR) is 112 cm³/mol. The summed E-state index contributed by atoms with van der Waals surface area (Å²) in [6.45, 7) is 2.47. The van der Waals surface area contributed by atoms with Crippen LogP contribution >= 0.6 is 11.8 Å². The summed E-state index contributed by atoms with van der Waals surface area (Å²) in [5.74, 6) is 0.360. The first kappa shape index (κ1) is 20.2. The van der Waals surface area contributed by atoms with Crippen LogP contribution < -0.4 is 21.1 Å². The zero-order valence-corrected chi connectivity index (χ0v) is 16.5. The van der Waals surface area contributed by atoms with Crippen molar-refractivity contribution in [1.82, 2.24) is 15.2 Å². The second kappa shape index (κ2) is 9.60. The van der Waals surface area contributed by atoms with Crippen LogP contribution in [0.1, 0.15) is 17.3 Å². The van der Waals surface area contributed by atoms with Gasteiger partial charge in [-0.25, -0.2) is 5.10 Å². The summed E-state index contributed by atoms with van der Waals surface area (Å²) >= 11 is 1.13. The molecule has 0 fully saturated rings. The second-order valence-corrected chi connectivity index (χ2v) is 6.74. The van der Waals surface area contributed by atoms with Crippen molar-refractivity contribution in [3.8, 4) is 5.75 Å². The van der Waals surface area contributed by atoms with Crippen molar-refractivity contribution in [2.24, 2.45) is 0 Å². The summed E-state index contributed by atoms with van der Waals surface area (Å²) in [6.07, 6.45) is 0. The number of nitrogens with two attached hydrogens (primary N) is 1. The Morgan fingerprint density at radius 3 is 2.59 bits per heavy atom. The molecule has 1 heterocycles. The fourth-order valence-electron chi connectivity index (χ4n) is 2.43. The lowest BCUT2D eigenvalue weighted by Crippen LogP contribution is -2.19. The molecule has 2 amide bonds. The van der Waals surface area contributed by atoms with E-state index >= 15 is 0 Å². The van der Waals surface area contributed by atoms with E-state index in [1.807, 2.05) is 6.92 Å². The molecule has 0 aliphatic carbocycles. The van der Waals surface area contributed by atoms with Gasteiger partial charge in [0.15, 0.2) is 0 Å². The molecule has 0 atom stereocenters. The number of carbonyl (C=O) groups excluding carboxylic acids is 2. The first-order chi connectivity index (χ1) is 14.0. The van der Waals surface area contributed by atoms with Crippen molar-refractivity contribution in [2.75, 3.05) is 28.7 Å². The number of anilines is 3. The second-order valence-electron chi connectivity index (χ2n) is 5.80. The third-order valence-electron chi connectivity index (χ3n) is 3.68. The Kier molecular flexibility index (Phi) is 6.69. The highest BCUT2D eigenvalue weighted by Crippen LogP contribution is 2.20. The van der Waals surface area contributed by atoms with Crippen molar-refractivity contribution in [3.63, 3.8) is 0 Å². The van der Waals surface area contributed by atoms with E-state index < -0.39 is 0 Å². The summed E-state index contributed by atoms with van der Waals surface area (Å²) in [5.41, 5.74) is 6.84. The van der Waals surface area contributed by atoms with Crippen LogP contribution in [0.5, 0.6) is 5.75 Å². The van der Waals surface area contributed by atoms with Crippen LogP contribution in [-0.4, -0.2) is 39.4 Å². The zero-order chi connectivity index (χ0) is 20.6. The van der Waals surface area contributed by atoms with Crippen molar-refractivity contribution in [3.05, 3.63) is 54.1 Å². The van der Waals surface area contributed by atoms with Gasteiger partial charge in [0.2, 0.25) is 17.0 Å². The Bertz CT molecular complexity index is 990. The number of rotatable bonds is 8. The lowest BCUT2D eigenvalue weighted by atomic mass is 10.1. The number of carbonyl (C=O) groups is 2. The van der Waals surface area contributed by atoms with Crippen molar-refractivity contribution < 1.29 is 14.3 Å². The minimum atomic E-state index is -0.334. The van der Waals surface area contributed by atoms with Crippen LogP contribution in [0.3, 0.4) is 0 Å². The molecule has 0 bridgehead atoms. The van der Waals surface area contributed by atoms with Gasteiger partial charge in [0.25, 0.3) is 5.91 Å². The SMILES string of the molecule is CCOc1ccc(NC(=O)c2ccccc2NC(=O)CSc2n[nH]c(N)n2)cc1. The minimum Gasteiger partial charge on any atom is -0.494 e. The van der Waals surface area contributed by atoms with E-state index in [9.17, 15) is 9.59 Å². The molecule has 5 N–H and O–H groups in total. The number of nitrogen functional groups attached to an aromatic ring is 1. The molecule has 0 spiro atoms. The molecule has 3 aromatic rings. The summed E-state index contributed by atoms with van der Waals surface area (Å²) in [6, 6.07) is 13.8. The van der Waals surface area contributed by atoms with E-state index in [0.717, 1.165) is 17.5 Å². The first-order valence-electron chi connectivity index (χ1n) is 8.79. The summed E-state index contributed by atoms with van der Waals surface area (Å²) in [7, 11) is 0. The van der Waals surface area contributed by atoms with Crippen LogP contribution in [0.2, 0.25) is 0 Å². The number of aromatic amines is 1. The summed E-state index contributed by atoms with van der Waals surface area (Å²) < 4.78 is 5.39. The molecule has 0 saturated heterocycles. The van der Waals surface area contributed by atoms with Gasteiger partial charge >= 0.3 is 0 Å². The van der Waals surface area contributed by atoms with Gasteiger partial charge in [-0.2, -0.15) is 4.98 Å². The molecule has 1 aromatic heterocycles. The molecular formula is C19H20N6O3S. The highest BCUT2D eigenvalue weighted by atomic mass is 32.2. The maximum absolute atomic E-state index is 12.7. The zero-order valence-electron chi connectivity index (χ0n) is 15.6. The molecule has 29 heavy (non-hydrogen) atoms. The van der Waals surface area contributed by atoms with E-state index in [4.69, 9.17) is 10.5 Å². The highest BCUT2D eigenvalue weighted by Gasteiger charge is 2.14. The molecule has 0 saturated carbocycles. The van der Waals surface area contributed by atoms with E-state index in [2.05, 4.69) is 25.8 Å². The largest absolute Gasteiger partial charge is 0.494 e. The fraction of sp³-hybridized carbons (Fsp3) is 0.158. The van der Waals surface area contributed by atoms with Crippen LogP contribution in [0.25, 0.3) is 0 Å². The lowest BCUT2D eigenvalue weighted by Gasteiger charge is -2.11. The number of benzene rings is 2. The number of H-pyrrole nitrogens is 1. The summed E-state index contributed by atoms with van der Waals surface area (Å²) in [5, 5.41) is 12.3. The normalized spacial score (nSPS) is 10.4. The third-order valence-corrected chi connectivity index (χ3v) is 4.53. The first-order valence-corrected chi connectivity index (χ1v) is 9.77. The van der Waals surface area contributed by atoms with Crippen LogP contribution in [0.4, 0.5) is 17.3 Å². The molecule has 0 radical (unpaired) electrons. The number of ether oxygens (including phenoxy) is 1. The molecule has 0 aliphatic rings. The maximum Gasteiger partial charge on any atom is 0.257 e. The van der Waals surface area contributed by atoms with Crippen molar-refractivity contribution >= 4 is 40.9 Å². The number of hydrogen-bond acceptors (Lipinski definition) is 7. The fourth-order valence-corrected chi connectivity index (χ4v) is 3.03. The topological polar surface area (TPSA) is 135 Å².